The number of aromatic nitrogens is 2. The lowest BCUT2D eigenvalue weighted by Crippen LogP contribution is -2.08. The molecule has 7 nitrogen and oxygen atoms in total. The van der Waals surface area contributed by atoms with Crippen LogP contribution in [-0.4, -0.2) is 24.3 Å². The van der Waals surface area contributed by atoms with E-state index in [1.807, 2.05) is 31.2 Å². The SMILES string of the molecule is Cc1ccc(C=CC(=O)Nc2ccc(S(=O)(=O)[N-]c3nc(C)cc(C)n3)cc2)cc1. The molecule has 154 valence electrons. The van der Waals surface area contributed by atoms with Crippen LogP contribution < -0.4 is 5.32 Å². The molecule has 0 aliphatic carbocycles. The van der Waals surface area contributed by atoms with E-state index in [2.05, 4.69) is 20.0 Å². The number of aryl methyl sites for hydroxylation is 3. The van der Waals surface area contributed by atoms with Crippen LogP contribution in [0.4, 0.5) is 11.6 Å². The molecule has 0 fully saturated rings. The fourth-order valence-electron chi connectivity index (χ4n) is 2.65. The molecule has 0 atom stereocenters. The van der Waals surface area contributed by atoms with E-state index >= 15 is 0 Å². The zero-order chi connectivity index (χ0) is 21.7. The van der Waals surface area contributed by atoms with Crippen LogP contribution in [0.5, 0.6) is 0 Å². The fourth-order valence-corrected chi connectivity index (χ4v) is 3.53. The molecule has 1 aromatic heterocycles. The molecule has 3 aromatic rings. The van der Waals surface area contributed by atoms with Gasteiger partial charge in [-0.15, -0.1) is 0 Å². The average molecular weight is 422 g/mol. The molecule has 0 aliphatic heterocycles. The summed E-state index contributed by atoms with van der Waals surface area (Å²) in [6.07, 6.45) is 3.12. The van der Waals surface area contributed by atoms with Gasteiger partial charge in [0.1, 0.15) is 0 Å². The van der Waals surface area contributed by atoms with Crippen LogP contribution in [0, 0.1) is 20.8 Å². The van der Waals surface area contributed by atoms with Crippen LogP contribution >= 0.6 is 0 Å². The van der Waals surface area contributed by atoms with Crippen LogP contribution in [0.15, 0.2) is 65.6 Å². The first kappa shape index (κ1) is 21.2. The van der Waals surface area contributed by atoms with Gasteiger partial charge < -0.3 is 15.3 Å². The van der Waals surface area contributed by atoms with Crippen molar-refractivity contribution in [3.05, 3.63) is 87.9 Å². The van der Waals surface area contributed by atoms with Crippen molar-refractivity contribution < 1.29 is 13.2 Å². The van der Waals surface area contributed by atoms with Gasteiger partial charge in [0.2, 0.25) is 15.9 Å². The van der Waals surface area contributed by atoms with Crippen molar-refractivity contribution in [2.45, 2.75) is 25.7 Å². The normalized spacial score (nSPS) is 11.4. The minimum absolute atomic E-state index is 0.0153. The second kappa shape index (κ2) is 8.87. The molecule has 0 spiro atoms. The summed E-state index contributed by atoms with van der Waals surface area (Å²) in [4.78, 5) is 20.1. The number of benzene rings is 2. The Morgan fingerprint density at radius 3 is 2.13 bits per heavy atom. The van der Waals surface area contributed by atoms with Gasteiger partial charge in [0.15, 0.2) is 0 Å². The Hall–Kier alpha value is -3.52. The summed E-state index contributed by atoms with van der Waals surface area (Å²) >= 11 is 0. The monoisotopic (exact) mass is 421 g/mol. The van der Waals surface area contributed by atoms with Crippen molar-refractivity contribution in [1.82, 2.24) is 9.97 Å². The number of carbonyl (C=O) groups is 1. The number of hydrogen-bond donors (Lipinski definition) is 1. The lowest BCUT2D eigenvalue weighted by atomic mass is 10.1. The first-order valence-electron chi connectivity index (χ1n) is 9.17. The summed E-state index contributed by atoms with van der Waals surface area (Å²) in [7, 11) is -3.97. The van der Waals surface area contributed by atoms with Gasteiger partial charge in [-0.3, -0.25) is 9.52 Å². The lowest BCUT2D eigenvalue weighted by molar-refractivity contribution is -0.111. The molecule has 8 heteroatoms. The maximum absolute atomic E-state index is 12.5. The molecular formula is C22H21N4O3S-. The van der Waals surface area contributed by atoms with Crippen molar-refractivity contribution in [2.75, 3.05) is 5.32 Å². The predicted molar refractivity (Wildman–Crippen MR) is 117 cm³/mol. The molecule has 1 heterocycles. The molecular weight excluding hydrogens is 400 g/mol. The molecule has 0 radical (unpaired) electrons. The largest absolute Gasteiger partial charge is 0.363 e. The smallest absolute Gasteiger partial charge is 0.248 e. The van der Waals surface area contributed by atoms with E-state index in [9.17, 15) is 13.2 Å². The van der Waals surface area contributed by atoms with Gasteiger partial charge in [-0.25, -0.2) is 8.42 Å². The highest BCUT2D eigenvalue weighted by Crippen LogP contribution is 2.25. The van der Waals surface area contributed by atoms with Crippen molar-refractivity contribution >= 4 is 33.6 Å². The summed E-state index contributed by atoms with van der Waals surface area (Å²) in [5.74, 6) is -0.425. The van der Waals surface area contributed by atoms with Gasteiger partial charge in [0, 0.05) is 17.7 Å². The Morgan fingerprint density at radius 2 is 1.53 bits per heavy atom. The fraction of sp³-hybridized carbons (Fsp3) is 0.136. The van der Waals surface area contributed by atoms with Crippen LogP contribution in [0.1, 0.15) is 22.5 Å². The van der Waals surface area contributed by atoms with Gasteiger partial charge in [0.05, 0.1) is 4.90 Å². The topological polar surface area (TPSA) is 103 Å². The van der Waals surface area contributed by atoms with Crippen LogP contribution in [-0.2, 0) is 14.8 Å². The van der Waals surface area contributed by atoms with E-state index in [1.54, 1.807) is 26.0 Å². The Labute approximate surface area is 176 Å². The van der Waals surface area contributed by atoms with E-state index in [4.69, 9.17) is 0 Å². The molecule has 0 saturated heterocycles. The Balaban J connectivity index is 1.66. The third-order valence-corrected chi connectivity index (χ3v) is 5.37. The molecule has 1 N–H and O–H groups in total. The molecule has 2 aromatic carbocycles. The zero-order valence-electron chi connectivity index (χ0n) is 16.8. The summed E-state index contributed by atoms with van der Waals surface area (Å²) in [6, 6.07) is 15.3. The third-order valence-electron chi connectivity index (χ3n) is 4.10. The van der Waals surface area contributed by atoms with E-state index < -0.39 is 10.0 Å². The van der Waals surface area contributed by atoms with Gasteiger partial charge in [-0.2, -0.15) is 0 Å². The summed E-state index contributed by atoms with van der Waals surface area (Å²) in [6.45, 7) is 5.47. The molecule has 1 amide bonds. The molecule has 0 saturated carbocycles. The van der Waals surface area contributed by atoms with E-state index in [1.165, 1.54) is 30.3 Å². The summed E-state index contributed by atoms with van der Waals surface area (Å²) in [5.41, 5.74) is 3.78. The molecule has 30 heavy (non-hydrogen) atoms. The molecule has 0 unspecified atom stereocenters. The average Bonchev–Trinajstić information content (AvgIpc) is 2.67. The highest BCUT2D eigenvalue weighted by Gasteiger charge is 2.12. The second-order valence-corrected chi connectivity index (χ2v) is 8.38. The number of nitrogens with one attached hydrogen (secondary N) is 1. The van der Waals surface area contributed by atoms with Crippen molar-refractivity contribution in [3.63, 3.8) is 0 Å². The third kappa shape index (κ3) is 5.74. The molecule has 0 bridgehead atoms. The Kier molecular flexibility index (Phi) is 6.27. The van der Waals surface area contributed by atoms with Crippen molar-refractivity contribution in [2.24, 2.45) is 0 Å². The first-order valence-corrected chi connectivity index (χ1v) is 10.6. The lowest BCUT2D eigenvalue weighted by Gasteiger charge is -2.15. The maximum atomic E-state index is 12.5. The quantitative estimate of drug-likeness (QED) is 0.592. The molecule has 3 rings (SSSR count). The van der Waals surface area contributed by atoms with Crippen LogP contribution in [0.25, 0.3) is 10.8 Å². The summed E-state index contributed by atoms with van der Waals surface area (Å²) < 4.78 is 28.7. The van der Waals surface area contributed by atoms with Gasteiger partial charge >= 0.3 is 0 Å². The standard InChI is InChI=1S/C22H22N4O3S/c1-15-4-6-18(7-5-15)8-13-21(27)25-19-9-11-20(12-10-19)30(28,29)26-22-23-16(2)14-17(3)24-22/h4-14H,1-3H3,(H2,23,24,25,26,27)/p-1. The number of amides is 1. The van der Waals surface area contributed by atoms with Crippen LogP contribution in [0.3, 0.4) is 0 Å². The highest BCUT2D eigenvalue weighted by molar-refractivity contribution is 7.94. The van der Waals surface area contributed by atoms with E-state index in [0.717, 1.165) is 11.1 Å². The van der Waals surface area contributed by atoms with Crippen LogP contribution in [0.2, 0.25) is 0 Å². The minimum atomic E-state index is -3.97. The number of hydrogen-bond acceptors (Lipinski definition) is 5. The predicted octanol–water partition coefficient (Wildman–Crippen LogP) is 4.45. The Bertz CT molecular complexity index is 1170. The van der Waals surface area contributed by atoms with Gasteiger partial charge in [0.25, 0.3) is 0 Å². The minimum Gasteiger partial charge on any atom is -0.363 e. The van der Waals surface area contributed by atoms with E-state index in [-0.39, 0.29) is 16.8 Å². The van der Waals surface area contributed by atoms with Crippen molar-refractivity contribution in [3.8, 4) is 0 Å². The number of sulfonamides is 1. The zero-order valence-corrected chi connectivity index (χ0v) is 17.6. The summed E-state index contributed by atoms with van der Waals surface area (Å²) in [5, 5.41) is 2.69. The first-order chi connectivity index (χ1) is 14.2. The highest BCUT2D eigenvalue weighted by atomic mass is 32.2. The number of carbonyl (C=O) groups excluding carboxylic acids is 1. The second-order valence-electron chi connectivity index (χ2n) is 6.77. The molecule has 0 aliphatic rings. The van der Waals surface area contributed by atoms with Gasteiger partial charge in [-0.1, -0.05) is 35.9 Å². The van der Waals surface area contributed by atoms with Crippen molar-refractivity contribution in [1.29, 1.82) is 0 Å². The Morgan fingerprint density at radius 1 is 0.933 bits per heavy atom. The van der Waals surface area contributed by atoms with E-state index in [0.29, 0.717) is 17.1 Å². The number of anilines is 1. The maximum Gasteiger partial charge on any atom is 0.248 e. The van der Waals surface area contributed by atoms with Gasteiger partial charge in [-0.05, 0) is 68.1 Å². The number of nitrogens with zero attached hydrogens (tertiary/aromatic N) is 3. The number of rotatable bonds is 6.